The average Bonchev–Trinajstić information content (AvgIpc) is 2.58. The van der Waals surface area contributed by atoms with E-state index in [0.29, 0.717) is 18.1 Å². The molecular weight excluding hydrogens is 280 g/mol. The van der Waals surface area contributed by atoms with Crippen LogP contribution in [0.2, 0.25) is 0 Å². The lowest BCUT2D eigenvalue weighted by molar-refractivity contribution is 0.0945. The first-order valence-electron chi connectivity index (χ1n) is 7.21. The molecule has 2 N–H and O–H groups in total. The number of hydrogen-bond acceptors (Lipinski definition) is 5. The third kappa shape index (κ3) is 4.44. The van der Waals surface area contributed by atoms with E-state index >= 15 is 0 Å². The first kappa shape index (κ1) is 15.8. The van der Waals surface area contributed by atoms with E-state index in [2.05, 4.69) is 27.8 Å². The summed E-state index contributed by atoms with van der Waals surface area (Å²) in [5, 5.41) is 13.8. The Labute approximate surface area is 129 Å². The summed E-state index contributed by atoms with van der Waals surface area (Å²) in [6, 6.07) is 10.9. The molecule has 0 saturated heterocycles. The molecule has 0 saturated carbocycles. The van der Waals surface area contributed by atoms with Gasteiger partial charge in [-0.2, -0.15) is 0 Å². The zero-order valence-electron chi connectivity index (χ0n) is 12.8. The van der Waals surface area contributed by atoms with Gasteiger partial charge in [0.15, 0.2) is 5.69 Å². The van der Waals surface area contributed by atoms with Crippen LogP contribution in [0.25, 0.3) is 0 Å². The maximum Gasteiger partial charge on any atom is 0.272 e. The van der Waals surface area contributed by atoms with Crippen LogP contribution >= 0.6 is 0 Å². The predicted octanol–water partition coefficient (Wildman–Crippen LogP) is 2.24. The molecule has 1 amide bonds. The van der Waals surface area contributed by atoms with Gasteiger partial charge in [-0.05, 0) is 36.2 Å². The number of carbonyl (C=O) groups excluding carboxylic acids is 1. The Hall–Kier alpha value is -2.63. The van der Waals surface area contributed by atoms with Crippen molar-refractivity contribution in [3.05, 3.63) is 47.7 Å². The van der Waals surface area contributed by atoms with E-state index in [-0.39, 0.29) is 5.91 Å². The fraction of sp³-hybridized carbons (Fsp3) is 0.312. The Bertz CT molecular complexity index is 597. The number of benzene rings is 1. The Morgan fingerprint density at radius 3 is 2.50 bits per heavy atom. The normalized spacial score (nSPS) is 10.1. The van der Waals surface area contributed by atoms with Crippen LogP contribution in [0.15, 0.2) is 36.4 Å². The van der Waals surface area contributed by atoms with Crippen LogP contribution in [-0.4, -0.2) is 29.8 Å². The van der Waals surface area contributed by atoms with Crippen molar-refractivity contribution >= 4 is 11.7 Å². The number of nitrogens with zero attached hydrogens (tertiary/aromatic N) is 2. The maximum absolute atomic E-state index is 12.0. The molecule has 0 aliphatic rings. The van der Waals surface area contributed by atoms with E-state index in [4.69, 9.17) is 4.74 Å². The molecule has 0 radical (unpaired) electrons. The molecule has 22 heavy (non-hydrogen) atoms. The molecule has 0 atom stereocenters. The second-order valence-electron chi connectivity index (χ2n) is 4.76. The molecule has 6 heteroatoms. The van der Waals surface area contributed by atoms with Crippen LogP contribution in [0, 0.1) is 0 Å². The molecule has 6 nitrogen and oxygen atoms in total. The highest BCUT2D eigenvalue weighted by molar-refractivity contribution is 5.92. The largest absolute Gasteiger partial charge is 0.497 e. The first-order chi connectivity index (χ1) is 10.7. The quantitative estimate of drug-likeness (QED) is 0.820. The summed E-state index contributed by atoms with van der Waals surface area (Å²) < 4.78 is 5.09. The summed E-state index contributed by atoms with van der Waals surface area (Å²) in [4.78, 5) is 12.0. The number of nitrogens with one attached hydrogen (secondary N) is 2. The van der Waals surface area contributed by atoms with E-state index in [1.807, 2.05) is 24.3 Å². The molecule has 1 aromatic carbocycles. The summed E-state index contributed by atoms with van der Waals surface area (Å²) >= 11 is 0. The lowest BCUT2D eigenvalue weighted by Crippen LogP contribution is -2.24. The predicted molar refractivity (Wildman–Crippen MR) is 85.0 cm³/mol. The highest BCUT2D eigenvalue weighted by atomic mass is 16.5. The summed E-state index contributed by atoms with van der Waals surface area (Å²) in [5.74, 6) is 1.22. The van der Waals surface area contributed by atoms with Crippen molar-refractivity contribution in [3.8, 4) is 5.75 Å². The third-order valence-electron chi connectivity index (χ3n) is 3.07. The minimum absolute atomic E-state index is 0.245. The molecule has 0 aliphatic carbocycles. The van der Waals surface area contributed by atoms with Crippen molar-refractivity contribution in [2.75, 3.05) is 19.0 Å². The molecule has 0 fully saturated rings. The van der Waals surface area contributed by atoms with E-state index < -0.39 is 0 Å². The lowest BCUT2D eigenvalue weighted by Gasteiger charge is -2.06. The highest BCUT2D eigenvalue weighted by Crippen LogP contribution is 2.11. The molecular formula is C16H20N4O2. The SMILES string of the molecule is CCCNc1ccc(C(=O)NCc2ccc(OC)cc2)nn1. The van der Waals surface area contributed by atoms with Gasteiger partial charge in [-0.25, -0.2) is 0 Å². The Balaban J connectivity index is 1.88. The zero-order valence-corrected chi connectivity index (χ0v) is 12.8. The number of aromatic nitrogens is 2. The van der Waals surface area contributed by atoms with Gasteiger partial charge in [0.05, 0.1) is 7.11 Å². The van der Waals surface area contributed by atoms with E-state index in [0.717, 1.165) is 24.3 Å². The molecule has 116 valence electrons. The fourth-order valence-electron chi connectivity index (χ4n) is 1.82. The molecule has 1 aromatic heterocycles. The van der Waals surface area contributed by atoms with E-state index in [1.54, 1.807) is 19.2 Å². The highest BCUT2D eigenvalue weighted by Gasteiger charge is 2.07. The minimum atomic E-state index is -0.245. The minimum Gasteiger partial charge on any atom is -0.497 e. The molecule has 0 unspecified atom stereocenters. The van der Waals surface area contributed by atoms with Crippen LogP contribution in [0.4, 0.5) is 5.82 Å². The number of rotatable bonds is 7. The number of hydrogen-bond donors (Lipinski definition) is 2. The molecule has 1 heterocycles. The summed E-state index contributed by atoms with van der Waals surface area (Å²) in [6.07, 6.45) is 1.01. The van der Waals surface area contributed by atoms with Crippen LogP contribution in [0.1, 0.15) is 29.4 Å². The smallest absolute Gasteiger partial charge is 0.272 e. The van der Waals surface area contributed by atoms with Gasteiger partial charge in [-0.3, -0.25) is 4.79 Å². The second kappa shape index (κ2) is 7.97. The standard InChI is InChI=1S/C16H20N4O2/c1-3-10-17-15-9-8-14(19-20-15)16(21)18-11-12-4-6-13(22-2)7-5-12/h4-9H,3,10-11H2,1-2H3,(H,17,20)(H,18,21). The van der Waals surface area contributed by atoms with Crippen LogP contribution in [0.3, 0.4) is 0 Å². The fourth-order valence-corrected chi connectivity index (χ4v) is 1.82. The van der Waals surface area contributed by atoms with Crippen LogP contribution in [0.5, 0.6) is 5.75 Å². The molecule has 0 aliphatic heterocycles. The molecule has 2 rings (SSSR count). The average molecular weight is 300 g/mol. The zero-order chi connectivity index (χ0) is 15.8. The van der Waals surface area contributed by atoms with Gasteiger partial charge in [0, 0.05) is 13.1 Å². The summed E-state index contributed by atoms with van der Waals surface area (Å²) in [6.45, 7) is 3.33. The van der Waals surface area contributed by atoms with Gasteiger partial charge in [-0.1, -0.05) is 19.1 Å². The number of methoxy groups -OCH3 is 1. The van der Waals surface area contributed by atoms with Crippen molar-refractivity contribution in [2.24, 2.45) is 0 Å². The summed E-state index contributed by atoms with van der Waals surface area (Å²) in [7, 11) is 1.62. The van der Waals surface area contributed by atoms with E-state index in [9.17, 15) is 4.79 Å². The lowest BCUT2D eigenvalue weighted by atomic mass is 10.2. The molecule has 0 bridgehead atoms. The van der Waals surface area contributed by atoms with Crippen molar-refractivity contribution in [3.63, 3.8) is 0 Å². The second-order valence-corrected chi connectivity index (χ2v) is 4.76. The van der Waals surface area contributed by atoms with Crippen molar-refractivity contribution in [1.29, 1.82) is 0 Å². The van der Waals surface area contributed by atoms with E-state index in [1.165, 1.54) is 0 Å². The van der Waals surface area contributed by atoms with Gasteiger partial charge >= 0.3 is 0 Å². The summed E-state index contributed by atoms with van der Waals surface area (Å²) in [5.41, 5.74) is 1.29. The number of carbonyl (C=O) groups is 1. The van der Waals surface area contributed by atoms with Crippen molar-refractivity contribution in [1.82, 2.24) is 15.5 Å². The number of anilines is 1. The molecule has 0 spiro atoms. The van der Waals surface area contributed by atoms with Gasteiger partial charge in [0.25, 0.3) is 5.91 Å². The van der Waals surface area contributed by atoms with Gasteiger partial charge in [0.1, 0.15) is 11.6 Å². The van der Waals surface area contributed by atoms with Crippen LogP contribution in [-0.2, 0) is 6.54 Å². The van der Waals surface area contributed by atoms with Crippen molar-refractivity contribution < 1.29 is 9.53 Å². The Morgan fingerprint density at radius 2 is 1.91 bits per heavy atom. The topological polar surface area (TPSA) is 76.1 Å². The number of ether oxygens (including phenoxy) is 1. The Kier molecular flexibility index (Phi) is 5.71. The third-order valence-corrected chi connectivity index (χ3v) is 3.07. The van der Waals surface area contributed by atoms with Gasteiger partial charge < -0.3 is 15.4 Å². The van der Waals surface area contributed by atoms with Gasteiger partial charge in [0.2, 0.25) is 0 Å². The Morgan fingerprint density at radius 1 is 1.14 bits per heavy atom. The first-order valence-corrected chi connectivity index (χ1v) is 7.21. The maximum atomic E-state index is 12.0. The molecule has 2 aromatic rings. The number of amides is 1. The van der Waals surface area contributed by atoms with Crippen molar-refractivity contribution in [2.45, 2.75) is 19.9 Å². The van der Waals surface area contributed by atoms with Gasteiger partial charge in [-0.15, -0.1) is 10.2 Å². The monoisotopic (exact) mass is 300 g/mol. The van der Waals surface area contributed by atoms with Crippen LogP contribution < -0.4 is 15.4 Å².